The Bertz CT molecular complexity index is 1500. The van der Waals surface area contributed by atoms with E-state index in [9.17, 15) is 19.2 Å². The number of carbonyl (C=O) groups excluding carboxylic acids is 4. The van der Waals surface area contributed by atoms with Crippen LogP contribution in [0.4, 0.5) is 4.79 Å². The van der Waals surface area contributed by atoms with Gasteiger partial charge in [0.1, 0.15) is 17.3 Å². The average Bonchev–Trinajstić information content (AvgIpc) is 3.45. The molecule has 3 heterocycles. The Morgan fingerprint density at radius 1 is 1.02 bits per heavy atom. The molecule has 14 nitrogen and oxygen atoms in total. The van der Waals surface area contributed by atoms with Crippen LogP contribution in [0.25, 0.3) is 17.2 Å². The van der Waals surface area contributed by atoms with Gasteiger partial charge in [-0.05, 0) is 46.6 Å². The second kappa shape index (κ2) is 14.8. The number of esters is 1. The van der Waals surface area contributed by atoms with Gasteiger partial charge in [-0.1, -0.05) is 30.3 Å². The third-order valence-corrected chi connectivity index (χ3v) is 6.60. The van der Waals surface area contributed by atoms with Crippen LogP contribution in [-0.4, -0.2) is 98.1 Å². The maximum atomic E-state index is 13.7. The molecule has 0 unspecified atom stereocenters. The molecule has 45 heavy (non-hydrogen) atoms. The van der Waals surface area contributed by atoms with Crippen LogP contribution >= 0.6 is 0 Å². The fraction of sp³-hybridized carbons (Fsp3) is 0.452. The first-order valence-corrected chi connectivity index (χ1v) is 14.8. The van der Waals surface area contributed by atoms with Gasteiger partial charge in [0.2, 0.25) is 5.91 Å². The summed E-state index contributed by atoms with van der Waals surface area (Å²) >= 11 is 0. The third-order valence-electron chi connectivity index (χ3n) is 6.60. The quantitative estimate of drug-likeness (QED) is 0.332. The minimum atomic E-state index is -1.06. The molecule has 2 amide bonds. The number of hydrogen-bond acceptors (Lipinski definition) is 11. The number of carbonyl (C=O) groups is 4. The van der Waals surface area contributed by atoms with Crippen LogP contribution in [0.3, 0.4) is 0 Å². The highest BCUT2D eigenvalue weighted by molar-refractivity contribution is 5.97. The molecular formula is C31H39N7O7. The van der Waals surface area contributed by atoms with Crippen molar-refractivity contribution in [2.45, 2.75) is 59.1 Å². The molecule has 14 heteroatoms. The van der Waals surface area contributed by atoms with E-state index in [0.29, 0.717) is 17.2 Å². The van der Waals surface area contributed by atoms with Gasteiger partial charge in [-0.2, -0.15) is 5.10 Å². The first-order chi connectivity index (χ1) is 21.4. The summed E-state index contributed by atoms with van der Waals surface area (Å²) in [6.07, 6.45) is 2.53. The lowest BCUT2D eigenvalue weighted by atomic mass is 10.1. The van der Waals surface area contributed by atoms with Crippen molar-refractivity contribution in [3.05, 3.63) is 60.0 Å². The Kier molecular flexibility index (Phi) is 10.8. The van der Waals surface area contributed by atoms with Gasteiger partial charge in [-0.25, -0.2) is 19.4 Å². The fourth-order valence-electron chi connectivity index (χ4n) is 4.54. The van der Waals surface area contributed by atoms with Crippen LogP contribution < -0.4 is 5.32 Å². The van der Waals surface area contributed by atoms with Crippen molar-refractivity contribution in [2.24, 2.45) is 0 Å². The van der Waals surface area contributed by atoms with Crippen molar-refractivity contribution >= 4 is 23.9 Å². The normalized spacial score (nSPS) is 14.4. The van der Waals surface area contributed by atoms with Gasteiger partial charge < -0.3 is 24.5 Å². The SMILES string of the molecule is CCOC(=O)ON1CCN(C(=O)[C@H](CCC(=O)OC(C)(C)C)NC(=O)c2cc(-n3cc(C)cn3)nc(-c3ccccc3)n2)CC1. The molecule has 0 aliphatic carbocycles. The van der Waals surface area contributed by atoms with Gasteiger partial charge >= 0.3 is 12.1 Å². The van der Waals surface area contributed by atoms with E-state index < -0.39 is 29.7 Å². The summed E-state index contributed by atoms with van der Waals surface area (Å²) in [5.41, 5.74) is 0.916. The molecule has 0 bridgehead atoms. The molecule has 0 radical (unpaired) electrons. The zero-order valence-corrected chi connectivity index (χ0v) is 26.2. The van der Waals surface area contributed by atoms with Crippen molar-refractivity contribution in [2.75, 3.05) is 32.8 Å². The lowest BCUT2D eigenvalue weighted by molar-refractivity contribution is -0.158. The molecule has 1 N–H and O–H groups in total. The van der Waals surface area contributed by atoms with Crippen LogP contribution in [-0.2, 0) is 23.9 Å². The molecule has 4 rings (SSSR count). The predicted molar refractivity (Wildman–Crippen MR) is 162 cm³/mol. The highest BCUT2D eigenvalue weighted by Crippen LogP contribution is 2.19. The number of hydrogen-bond donors (Lipinski definition) is 1. The molecule has 1 aliphatic rings. The molecular weight excluding hydrogens is 582 g/mol. The van der Waals surface area contributed by atoms with Crippen molar-refractivity contribution < 1.29 is 33.5 Å². The molecule has 1 aromatic carbocycles. The lowest BCUT2D eigenvalue weighted by Gasteiger charge is -2.35. The lowest BCUT2D eigenvalue weighted by Crippen LogP contribution is -2.55. The molecule has 1 saturated heterocycles. The number of ether oxygens (including phenoxy) is 2. The van der Waals surface area contributed by atoms with Gasteiger partial charge in [-0.15, -0.1) is 5.06 Å². The number of aryl methyl sites for hydroxylation is 1. The van der Waals surface area contributed by atoms with Gasteiger partial charge in [0.25, 0.3) is 5.91 Å². The second-order valence-corrected chi connectivity index (χ2v) is 11.4. The Labute approximate surface area is 261 Å². The molecule has 3 aromatic rings. The first-order valence-electron chi connectivity index (χ1n) is 14.8. The van der Waals surface area contributed by atoms with E-state index in [1.807, 2.05) is 37.3 Å². The maximum absolute atomic E-state index is 13.7. The molecule has 0 saturated carbocycles. The maximum Gasteiger partial charge on any atom is 0.527 e. The number of amides is 2. The number of nitrogens with zero attached hydrogens (tertiary/aromatic N) is 6. The highest BCUT2D eigenvalue weighted by Gasteiger charge is 2.32. The van der Waals surface area contributed by atoms with E-state index in [1.54, 1.807) is 49.7 Å². The number of piperazine rings is 1. The third kappa shape index (κ3) is 9.57. The molecule has 1 fully saturated rings. The minimum absolute atomic E-state index is 0.000854. The summed E-state index contributed by atoms with van der Waals surface area (Å²) in [7, 11) is 0. The van der Waals surface area contributed by atoms with Crippen LogP contribution in [0.1, 0.15) is 56.6 Å². The van der Waals surface area contributed by atoms with Gasteiger partial charge in [0, 0.05) is 37.3 Å². The zero-order valence-electron chi connectivity index (χ0n) is 26.2. The average molecular weight is 622 g/mol. The van der Waals surface area contributed by atoms with Gasteiger partial charge in [0.05, 0.1) is 25.9 Å². The van der Waals surface area contributed by atoms with E-state index in [2.05, 4.69) is 20.4 Å². The molecule has 1 atom stereocenters. The highest BCUT2D eigenvalue weighted by atomic mass is 16.8. The van der Waals surface area contributed by atoms with Crippen LogP contribution in [0.2, 0.25) is 0 Å². The second-order valence-electron chi connectivity index (χ2n) is 11.4. The van der Waals surface area contributed by atoms with Crippen molar-refractivity contribution in [1.82, 2.24) is 35.0 Å². The monoisotopic (exact) mass is 621 g/mol. The predicted octanol–water partition coefficient (Wildman–Crippen LogP) is 3.09. The number of hydroxylamine groups is 2. The summed E-state index contributed by atoms with van der Waals surface area (Å²) in [6, 6.07) is 9.63. The summed E-state index contributed by atoms with van der Waals surface area (Å²) < 4.78 is 11.8. The minimum Gasteiger partial charge on any atom is -0.460 e. The standard InChI is InChI=1S/C31H39N7O7/c1-6-43-30(42)45-37-16-14-36(15-17-37)29(41)23(12-13-26(39)44-31(3,4)5)34-28(40)24-18-25(38-20-21(2)19-32-38)35-27(33-24)22-10-8-7-9-11-22/h7-11,18-20,23H,6,12-17H2,1-5H3,(H,34,40)/t23-/m0/s1. The molecule has 240 valence electrons. The Balaban J connectivity index is 1.56. The summed E-state index contributed by atoms with van der Waals surface area (Å²) in [6.45, 7) is 9.96. The topological polar surface area (TPSA) is 158 Å². The Morgan fingerprint density at radius 3 is 2.36 bits per heavy atom. The van der Waals surface area contributed by atoms with Crippen molar-refractivity contribution in [3.8, 4) is 17.2 Å². The molecule has 2 aromatic heterocycles. The molecule has 1 aliphatic heterocycles. The van der Waals surface area contributed by atoms with E-state index >= 15 is 0 Å². The number of rotatable bonds is 10. The van der Waals surface area contributed by atoms with Gasteiger partial charge in [-0.3, -0.25) is 14.4 Å². The number of benzene rings is 1. The van der Waals surface area contributed by atoms with Crippen molar-refractivity contribution in [3.63, 3.8) is 0 Å². The summed E-state index contributed by atoms with van der Waals surface area (Å²) in [5, 5.41) is 8.53. The smallest absolute Gasteiger partial charge is 0.460 e. The van der Waals surface area contributed by atoms with Crippen LogP contribution in [0.5, 0.6) is 0 Å². The van der Waals surface area contributed by atoms with E-state index in [-0.39, 0.29) is 57.2 Å². The Hall–Kier alpha value is -4.85. The van der Waals surface area contributed by atoms with E-state index in [4.69, 9.17) is 14.3 Å². The van der Waals surface area contributed by atoms with E-state index in [0.717, 1.165) is 5.56 Å². The summed E-state index contributed by atoms with van der Waals surface area (Å²) in [5.74, 6) is -0.821. The fourth-order valence-corrected chi connectivity index (χ4v) is 4.54. The number of aromatic nitrogens is 4. The van der Waals surface area contributed by atoms with Crippen LogP contribution in [0.15, 0.2) is 48.8 Å². The molecule has 0 spiro atoms. The first kappa shape index (κ1) is 33.1. The van der Waals surface area contributed by atoms with Gasteiger partial charge in [0.15, 0.2) is 11.6 Å². The van der Waals surface area contributed by atoms with Crippen LogP contribution in [0, 0.1) is 6.92 Å². The zero-order chi connectivity index (χ0) is 32.6. The largest absolute Gasteiger partial charge is 0.527 e. The Morgan fingerprint density at radius 2 is 1.73 bits per heavy atom. The van der Waals surface area contributed by atoms with E-state index in [1.165, 1.54) is 11.1 Å². The van der Waals surface area contributed by atoms with Crippen molar-refractivity contribution in [1.29, 1.82) is 0 Å². The summed E-state index contributed by atoms with van der Waals surface area (Å²) in [4.78, 5) is 67.5. The number of nitrogens with one attached hydrogen (secondary N) is 1.